The van der Waals surface area contributed by atoms with Crippen LogP contribution in [0.4, 0.5) is 5.69 Å². The van der Waals surface area contributed by atoms with Gasteiger partial charge in [-0.3, -0.25) is 0 Å². The lowest BCUT2D eigenvalue weighted by molar-refractivity contribution is 0.123. The first-order valence-electron chi connectivity index (χ1n) is 10.4. The number of fused-ring (bicyclic) bond motifs is 2. The van der Waals surface area contributed by atoms with Crippen LogP contribution in [0.5, 0.6) is 0 Å². The summed E-state index contributed by atoms with van der Waals surface area (Å²) in [7, 11) is 0. The highest BCUT2D eigenvalue weighted by atomic mass is 32.1. The van der Waals surface area contributed by atoms with Crippen LogP contribution in [-0.4, -0.2) is 10.7 Å². The van der Waals surface area contributed by atoms with Crippen molar-refractivity contribution in [1.82, 2.24) is 4.90 Å². The van der Waals surface area contributed by atoms with Crippen molar-refractivity contribution in [3.63, 3.8) is 0 Å². The maximum atomic E-state index is 5.28. The van der Waals surface area contributed by atoms with E-state index in [-0.39, 0.29) is 17.5 Å². The molecule has 2 atom stereocenters. The van der Waals surface area contributed by atoms with E-state index in [1.54, 1.807) is 11.3 Å². The Morgan fingerprint density at radius 2 is 1.43 bits per heavy atom. The summed E-state index contributed by atoms with van der Waals surface area (Å²) in [6, 6.07) is 33.2. The molecular formula is C27H22N2S. The van der Waals surface area contributed by atoms with Crippen LogP contribution < -0.4 is 0 Å². The van der Waals surface area contributed by atoms with Gasteiger partial charge in [0.15, 0.2) is 0 Å². The van der Waals surface area contributed by atoms with Gasteiger partial charge in [-0.15, -0.1) is 0 Å². The van der Waals surface area contributed by atoms with E-state index in [9.17, 15) is 0 Å². The second-order valence-corrected chi connectivity index (χ2v) is 8.86. The fourth-order valence-electron chi connectivity index (χ4n) is 5.33. The molecule has 2 nitrogen and oxygen atoms in total. The van der Waals surface area contributed by atoms with Crippen molar-refractivity contribution in [2.45, 2.75) is 24.4 Å². The molecule has 3 heteroatoms. The van der Waals surface area contributed by atoms with Crippen LogP contribution in [0.15, 0.2) is 107 Å². The monoisotopic (exact) mass is 406 g/mol. The second kappa shape index (κ2) is 6.68. The van der Waals surface area contributed by atoms with Crippen LogP contribution in [-0.2, 0) is 5.41 Å². The highest BCUT2D eigenvalue weighted by Crippen LogP contribution is 2.61. The van der Waals surface area contributed by atoms with Gasteiger partial charge in [-0.1, -0.05) is 78.9 Å². The third kappa shape index (κ3) is 2.27. The largest absolute Gasteiger partial charge is 0.343 e. The Labute approximate surface area is 181 Å². The first kappa shape index (κ1) is 17.7. The highest BCUT2D eigenvalue weighted by Gasteiger charge is 2.63. The van der Waals surface area contributed by atoms with Crippen molar-refractivity contribution in [3.8, 4) is 0 Å². The molecule has 0 radical (unpaired) electrons. The standard InChI is InChI=1S/C27H22N2S/c1-19-23-14-8-9-15-24(23)28-26-27(21-10-4-2-5-11-21,22-12-6-3-7-13-22)25(29(19)26)20-16-17-30-18-20/h2-19,25H,1H3/t19-,25-/m1/s1. The normalized spacial score (nSPS) is 21.2. The molecule has 1 saturated heterocycles. The minimum atomic E-state index is -0.300. The van der Waals surface area contributed by atoms with Crippen LogP contribution in [0.25, 0.3) is 0 Å². The molecule has 0 amide bonds. The number of aliphatic imine (C=N–C) groups is 1. The summed E-state index contributed by atoms with van der Waals surface area (Å²) >= 11 is 1.77. The summed E-state index contributed by atoms with van der Waals surface area (Å²) in [6.45, 7) is 2.31. The van der Waals surface area contributed by atoms with Gasteiger partial charge in [0.05, 0.1) is 17.8 Å². The summed E-state index contributed by atoms with van der Waals surface area (Å²) in [5.41, 5.74) is 6.05. The predicted octanol–water partition coefficient (Wildman–Crippen LogP) is 6.90. The van der Waals surface area contributed by atoms with E-state index in [4.69, 9.17) is 4.99 Å². The van der Waals surface area contributed by atoms with Crippen LogP contribution in [0, 0.1) is 0 Å². The van der Waals surface area contributed by atoms with Crippen LogP contribution in [0.3, 0.4) is 0 Å². The minimum Gasteiger partial charge on any atom is -0.343 e. The Kier molecular flexibility index (Phi) is 3.93. The number of para-hydroxylation sites is 1. The van der Waals surface area contributed by atoms with Gasteiger partial charge in [0.25, 0.3) is 0 Å². The van der Waals surface area contributed by atoms with Crippen LogP contribution >= 0.6 is 11.3 Å². The summed E-state index contributed by atoms with van der Waals surface area (Å²) in [5, 5.41) is 4.49. The lowest BCUT2D eigenvalue weighted by Gasteiger charge is -2.63. The molecule has 6 rings (SSSR count). The van der Waals surface area contributed by atoms with Crippen molar-refractivity contribution in [1.29, 1.82) is 0 Å². The predicted molar refractivity (Wildman–Crippen MR) is 125 cm³/mol. The van der Waals surface area contributed by atoms with E-state index in [1.165, 1.54) is 22.3 Å². The van der Waals surface area contributed by atoms with Crippen molar-refractivity contribution in [2.24, 2.45) is 4.99 Å². The number of thiophene rings is 1. The summed E-state index contributed by atoms with van der Waals surface area (Å²) in [5.74, 6) is 1.15. The molecule has 3 heterocycles. The molecule has 0 spiro atoms. The second-order valence-electron chi connectivity index (χ2n) is 8.08. The Bertz CT molecular complexity index is 1170. The molecule has 0 aliphatic carbocycles. The fraction of sp³-hybridized carbons (Fsp3) is 0.148. The Hall–Kier alpha value is -3.17. The lowest BCUT2D eigenvalue weighted by Crippen LogP contribution is -2.67. The van der Waals surface area contributed by atoms with Gasteiger partial charge in [-0.25, -0.2) is 4.99 Å². The van der Waals surface area contributed by atoms with Crippen molar-refractivity contribution < 1.29 is 0 Å². The average Bonchev–Trinajstić information content (AvgIpc) is 3.31. The molecule has 0 unspecified atom stereocenters. The van der Waals surface area contributed by atoms with Gasteiger partial charge in [0.1, 0.15) is 11.3 Å². The Morgan fingerprint density at radius 1 is 0.800 bits per heavy atom. The van der Waals surface area contributed by atoms with E-state index in [1.807, 2.05) is 0 Å². The molecule has 2 aliphatic heterocycles. The van der Waals surface area contributed by atoms with Crippen molar-refractivity contribution in [3.05, 3.63) is 124 Å². The molecule has 1 aromatic heterocycles. The third-order valence-electron chi connectivity index (χ3n) is 6.63. The van der Waals surface area contributed by atoms with Crippen LogP contribution in [0.1, 0.15) is 41.3 Å². The summed E-state index contributed by atoms with van der Waals surface area (Å²) in [4.78, 5) is 7.81. The van der Waals surface area contributed by atoms with E-state index in [0.717, 1.165) is 11.5 Å². The van der Waals surface area contributed by atoms with E-state index in [0.29, 0.717) is 0 Å². The third-order valence-corrected chi connectivity index (χ3v) is 7.33. The number of benzene rings is 3. The average molecular weight is 407 g/mol. The highest BCUT2D eigenvalue weighted by molar-refractivity contribution is 7.08. The Morgan fingerprint density at radius 3 is 2.07 bits per heavy atom. The molecule has 146 valence electrons. The van der Waals surface area contributed by atoms with Gasteiger partial charge in [0.2, 0.25) is 0 Å². The first-order chi connectivity index (χ1) is 14.8. The zero-order chi connectivity index (χ0) is 20.1. The summed E-state index contributed by atoms with van der Waals surface area (Å²) < 4.78 is 0. The van der Waals surface area contributed by atoms with E-state index >= 15 is 0 Å². The summed E-state index contributed by atoms with van der Waals surface area (Å²) in [6.07, 6.45) is 0. The molecule has 30 heavy (non-hydrogen) atoms. The number of hydrogen-bond donors (Lipinski definition) is 0. The zero-order valence-corrected chi connectivity index (χ0v) is 17.6. The minimum absolute atomic E-state index is 0.204. The SMILES string of the molecule is C[C@@H]1c2ccccc2N=C2N1[C@H](c1ccsc1)C2(c1ccccc1)c1ccccc1. The molecule has 0 N–H and O–H groups in total. The molecule has 0 bridgehead atoms. The lowest BCUT2D eigenvalue weighted by atomic mass is 9.58. The number of rotatable bonds is 3. The maximum Gasteiger partial charge on any atom is 0.124 e. The fourth-order valence-corrected chi connectivity index (χ4v) is 6.01. The van der Waals surface area contributed by atoms with Gasteiger partial charge < -0.3 is 4.90 Å². The van der Waals surface area contributed by atoms with Gasteiger partial charge in [-0.2, -0.15) is 11.3 Å². The zero-order valence-electron chi connectivity index (χ0n) is 16.8. The first-order valence-corrected chi connectivity index (χ1v) is 11.4. The molecular weight excluding hydrogens is 384 g/mol. The molecule has 3 aromatic carbocycles. The van der Waals surface area contributed by atoms with Gasteiger partial charge in [0, 0.05) is 5.56 Å². The number of nitrogens with zero attached hydrogens (tertiary/aromatic N) is 2. The topological polar surface area (TPSA) is 15.6 Å². The maximum absolute atomic E-state index is 5.28. The van der Waals surface area contributed by atoms with Gasteiger partial charge in [-0.05, 0) is 46.5 Å². The van der Waals surface area contributed by atoms with E-state index in [2.05, 4.69) is 114 Å². The van der Waals surface area contributed by atoms with Crippen LogP contribution in [0.2, 0.25) is 0 Å². The number of amidine groups is 1. The van der Waals surface area contributed by atoms with Crippen molar-refractivity contribution in [2.75, 3.05) is 0 Å². The van der Waals surface area contributed by atoms with Gasteiger partial charge >= 0.3 is 0 Å². The molecule has 1 fully saturated rings. The molecule has 4 aromatic rings. The number of hydrogen-bond acceptors (Lipinski definition) is 3. The quantitative estimate of drug-likeness (QED) is 0.361. The van der Waals surface area contributed by atoms with E-state index < -0.39 is 0 Å². The van der Waals surface area contributed by atoms with Crippen molar-refractivity contribution >= 4 is 22.9 Å². The smallest absolute Gasteiger partial charge is 0.124 e. The Balaban J connectivity index is 1.69. The molecule has 2 aliphatic rings. The molecule has 0 saturated carbocycles.